The van der Waals surface area contributed by atoms with E-state index in [1.165, 1.54) is 0 Å². The molecule has 1 N–H and O–H groups in total. The Morgan fingerprint density at radius 3 is 2.44 bits per heavy atom. The van der Waals surface area contributed by atoms with E-state index in [0.717, 1.165) is 24.1 Å². The number of hydrogen-bond donors (Lipinski definition) is 1. The van der Waals surface area contributed by atoms with Gasteiger partial charge in [0, 0.05) is 23.7 Å². The van der Waals surface area contributed by atoms with E-state index in [-0.39, 0.29) is 5.78 Å². The van der Waals surface area contributed by atoms with E-state index in [9.17, 15) is 4.79 Å². The Morgan fingerprint density at radius 2 is 1.88 bits per heavy atom. The van der Waals surface area contributed by atoms with Crippen molar-refractivity contribution < 1.29 is 4.79 Å². The fraction of sp³-hybridized carbons (Fsp3) is 0.357. The van der Waals surface area contributed by atoms with E-state index in [1.54, 1.807) is 0 Å². The highest BCUT2D eigenvalue weighted by Crippen LogP contribution is 2.17. The fourth-order valence-electron chi connectivity index (χ4n) is 1.93. The molecule has 0 fully saturated rings. The molecule has 1 aliphatic carbocycles. The van der Waals surface area contributed by atoms with Crippen LogP contribution in [0.2, 0.25) is 0 Å². The maximum Gasteiger partial charge on any atom is 0.162 e. The molecule has 0 aromatic heterocycles. The molecule has 0 radical (unpaired) electrons. The van der Waals surface area contributed by atoms with Gasteiger partial charge in [-0.3, -0.25) is 4.79 Å². The first-order chi connectivity index (χ1) is 7.79. The van der Waals surface area contributed by atoms with E-state index in [0.29, 0.717) is 12.5 Å². The van der Waals surface area contributed by atoms with Crippen molar-refractivity contribution in [1.29, 1.82) is 0 Å². The molecule has 0 heterocycles. The van der Waals surface area contributed by atoms with Crippen molar-refractivity contribution in [1.82, 2.24) is 0 Å². The van der Waals surface area contributed by atoms with Gasteiger partial charge in [-0.25, -0.2) is 0 Å². The summed E-state index contributed by atoms with van der Waals surface area (Å²) in [5.41, 5.74) is 1.90. The largest absolute Gasteiger partial charge is 0.382 e. The first-order valence-electron chi connectivity index (χ1n) is 5.84. The van der Waals surface area contributed by atoms with Crippen molar-refractivity contribution in [3.63, 3.8) is 0 Å². The van der Waals surface area contributed by atoms with Crippen LogP contribution in [0.25, 0.3) is 0 Å². The number of ketones is 1. The lowest BCUT2D eigenvalue weighted by Gasteiger charge is -2.13. The Kier molecular flexibility index (Phi) is 3.40. The molecule has 0 unspecified atom stereocenters. The van der Waals surface area contributed by atoms with E-state index >= 15 is 0 Å². The number of anilines is 1. The summed E-state index contributed by atoms with van der Waals surface area (Å²) >= 11 is 0. The number of carbonyl (C=O) groups excluding carboxylic acids is 1. The number of hydrogen-bond acceptors (Lipinski definition) is 2. The molecule has 0 spiro atoms. The summed E-state index contributed by atoms with van der Waals surface area (Å²) in [4.78, 5) is 11.4. The Hall–Kier alpha value is -1.57. The summed E-state index contributed by atoms with van der Waals surface area (Å²) in [6.07, 6.45) is 7.16. The van der Waals surface area contributed by atoms with Gasteiger partial charge in [-0.05, 0) is 37.1 Å². The number of nitrogens with one attached hydrogen (secondary N) is 1. The minimum atomic E-state index is 0.203. The summed E-state index contributed by atoms with van der Waals surface area (Å²) in [6.45, 7) is 1.89. The minimum Gasteiger partial charge on any atom is -0.382 e. The molecule has 2 heteroatoms. The lowest BCUT2D eigenvalue weighted by atomic mass is 10.1. The predicted octanol–water partition coefficient (Wildman–Crippen LogP) is 3.41. The van der Waals surface area contributed by atoms with Crippen LogP contribution in [0.3, 0.4) is 0 Å². The van der Waals surface area contributed by atoms with Gasteiger partial charge in [-0.2, -0.15) is 0 Å². The normalized spacial score (nSPS) is 15.3. The molecule has 1 aliphatic rings. The molecule has 0 saturated carbocycles. The van der Waals surface area contributed by atoms with Gasteiger partial charge in [0.1, 0.15) is 0 Å². The summed E-state index contributed by atoms with van der Waals surface area (Å²) in [6, 6.07) is 8.29. The molecule has 1 aromatic rings. The van der Waals surface area contributed by atoms with Crippen LogP contribution in [0.15, 0.2) is 36.4 Å². The van der Waals surface area contributed by atoms with Gasteiger partial charge in [0.15, 0.2) is 5.78 Å². The molecular weight excluding hydrogens is 198 g/mol. The van der Waals surface area contributed by atoms with Crippen LogP contribution in [-0.4, -0.2) is 11.8 Å². The molecule has 0 saturated heterocycles. The van der Waals surface area contributed by atoms with E-state index < -0.39 is 0 Å². The number of Topliss-reactive ketones (excluding diaryl/α,β-unsaturated/α-hetero) is 1. The van der Waals surface area contributed by atoms with Crippen molar-refractivity contribution in [2.45, 2.75) is 32.2 Å². The zero-order valence-corrected chi connectivity index (χ0v) is 9.57. The van der Waals surface area contributed by atoms with Crippen LogP contribution in [0.4, 0.5) is 5.69 Å². The summed E-state index contributed by atoms with van der Waals surface area (Å²) < 4.78 is 0. The van der Waals surface area contributed by atoms with Crippen LogP contribution in [-0.2, 0) is 0 Å². The third-order valence-electron chi connectivity index (χ3n) is 2.91. The Balaban J connectivity index is 1.99. The number of carbonyl (C=O) groups is 1. The first-order valence-corrected chi connectivity index (χ1v) is 5.84. The quantitative estimate of drug-likeness (QED) is 0.616. The fourth-order valence-corrected chi connectivity index (χ4v) is 1.93. The van der Waals surface area contributed by atoms with Crippen molar-refractivity contribution in [2.75, 3.05) is 5.32 Å². The second-order valence-corrected chi connectivity index (χ2v) is 4.14. The van der Waals surface area contributed by atoms with E-state index in [2.05, 4.69) is 17.5 Å². The Labute approximate surface area is 96.4 Å². The smallest absolute Gasteiger partial charge is 0.162 e. The van der Waals surface area contributed by atoms with Gasteiger partial charge >= 0.3 is 0 Å². The second-order valence-electron chi connectivity index (χ2n) is 4.14. The van der Waals surface area contributed by atoms with Crippen molar-refractivity contribution in [3.05, 3.63) is 42.0 Å². The van der Waals surface area contributed by atoms with Gasteiger partial charge in [0.2, 0.25) is 0 Å². The Morgan fingerprint density at radius 1 is 1.25 bits per heavy atom. The van der Waals surface area contributed by atoms with Gasteiger partial charge < -0.3 is 5.32 Å². The maximum atomic E-state index is 11.4. The SMILES string of the molecule is CCC(=O)c1ccc(NC2CC=CC2)cc1. The van der Waals surface area contributed by atoms with Crippen molar-refractivity contribution in [2.24, 2.45) is 0 Å². The highest BCUT2D eigenvalue weighted by atomic mass is 16.1. The first kappa shape index (κ1) is 10.9. The molecule has 84 valence electrons. The molecule has 2 nitrogen and oxygen atoms in total. The summed E-state index contributed by atoms with van der Waals surface area (Å²) in [7, 11) is 0. The zero-order chi connectivity index (χ0) is 11.4. The van der Waals surface area contributed by atoms with E-state index in [1.807, 2.05) is 31.2 Å². The average Bonchev–Trinajstić information content (AvgIpc) is 2.82. The van der Waals surface area contributed by atoms with Crippen LogP contribution >= 0.6 is 0 Å². The van der Waals surface area contributed by atoms with Gasteiger partial charge in [-0.1, -0.05) is 19.1 Å². The number of rotatable bonds is 4. The summed E-state index contributed by atoms with van der Waals surface area (Å²) in [5.74, 6) is 0.203. The van der Waals surface area contributed by atoms with Crippen molar-refractivity contribution >= 4 is 11.5 Å². The maximum absolute atomic E-state index is 11.4. The molecule has 2 rings (SSSR count). The van der Waals surface area contributed by atoms with Gasteiger partial charge in [0.25, 0.3) is 0 Å². The van der Waals surface area contributed by atoms with Gasteiger partial charge in [-0.15, -0.1) is 0 Å². The molecule has 16 heavy (non-hydrogen) atoms. The van der Waals surface area contributed by atoms with Crippen LogP contribution in [0.5, 0.6) is 0 Å². The van der Waals surface area contributed by atoms with Gasteiger partial charge in [0.05, 0.1) is 0 Å². The molecule has 0 amide bonds. The molecule has 0 bridgehead atoms. The summed E-state index contributed by atoms with van der Waals surface area (Å²) in [5, 5.41) is 3.45. The van der Waals surface area contributed by atoms with E-state index in [4.69, 9.17) is 0 Å². The molecule has 1 aromatic carbocycles. The van der Waals surface area contributed by atoms with Crippen LogP contribution in [0, 0.1) is 0 Å². The third-order valence-corrected chi connectivity index (χ3v) is 2.91. The highest BCUT2D eigenvalue weighted by molar-refractivity contribution is 5.96. The standard InChI is InChI=1S/C14H17NO/c1-2-14(16)11-7-9-13(10-8-11)15-12-5-3-4-6-12/h3-4,7-10,12,15H,2,5-6H2,1H3. The average molecular weight is 215 g/mol. The van der Waals surface area contributed by atoms with Crippen LogP contribution < -0.4 is 5.32 Å². The Bertz CT molecular complexity index is 384. The lowest BCUT2D eigenvalue weighted by molar-refractivity contribution is 0.0988. The lowest BCUT2D eigenvalue weighted by Crippen LogP contribution is -2.14. The molecule has 0 aliphatic heterocycles. The predicted molar refractivity (Wildman–Crippen MR) is 66.8 cm³/mol. The van der Waals surface area contributed by atoms with Crippen molar-refractivity contribution in [3.8, 4) is 0 Å². The number of benzene rings is 1. The topological polar surface area (TPSA) is 29.1 Å². The molecule has 0 atom stereocenters. The zero-order valence-electron chi connectivity index (χ0n) is 9.57. The second kappa shape index (κ2) is 4.97. The van der Waals surface area contributed by atoms with Crippen LogP contribution in [0.1, 0.15) is 36.5 Å². The monoisotopic (exact) mass is 215 g/mol. The molecular formula is C14H17NO. The highest BCUT2D eigenvalue weighted by Gasteiger charge is 2.09. The third kappa shape index (κ3) is 2.51. The minimum absolute atomic E-state index is 0.203.